The van der Waals surface area contributed by atoms with Crippen LogP contribution in [0.3, 0.4) is 0 Å². The molecule has 2 aromatic rings. The molecule has 21 heavy (non-hydrogen) atoms. The molecule has 1 unspecified atom stereocenters. The van der Waals surface area contributed by atoms with Crippen LogP contribution in [0.25, 0.3) is 11.5 Å². The van der Waals surface area contributed by atoms with E-state index in [0.29, 0.717) is 28.8 Å². The molecule has 0 fully saturated rings. The Labute approximate surface area is 137 Å². The molecule has 0 radical (unpaired) electrons. The molecule has 7 heteroatoms. The molecule has 5 nitrogen and oxygen atoms in total. The van der Waals surface area contributed by atoms with E-state index in [1.807, 2.05) is 12.1 Å². The molecule has 0 aliphatic rings. The molecule has 0 saturated heterocycles. The molecule has 0 saturated carbocycles. The van der Waals surface area contributed by atoms with Crippen LogP contribution in [0.2, 0.25) is 5.02 Å². The number of likely N-dealkylation sites (N-methyl/N-ethyl adjacent to an activating group) is 1. The summed E-state index contributed by atoms with van der Waals surface area (Å²) in [7, 11) is 0. The summed E-state index contributed by atoms with van der Waals surface area (Å²) >= 11 is 9.55. The highest BCUT2D eigenvalue weighted by Crippen LogP contribution is 2.29. The molecule has 0 spiro atoms. The highest BCUT2D eigenvalue weighted by atomic mass is 79.9. The largest absolute Gasteiger partial charge is 0.334 e. The maximum atomic E-state index is 6.18. The third kappa shape index (κ3) is 4.03. The van der Waals surface area contributed by atoms with Crippen molar-refractivity contribution in [3.8, 4) is 11.5 Å². The van der Waals surface area contributed by atoms with Gasteiger partial charge in [0.2, 0.25) is 0 Å². The van der Waals surface area contributed by atoms with Crippen LogP contribution >= 0.6 is 27.5 Å². The molecule has 114 valence electrons. The predicted octanol–water partition coefficient (Wildman–Crippen LogP) is 3.49. The Hall–Kier alpha value is -0.950. The van der Waals surface area contributed by atoms with Crippen molar-refractivity contribution in [2.75, 3.05) is 19.6 Å². The van der Waals surface area contributed by atoms with Crippen LogP contribution in [0.5, 0.6) is 0 Å². The molecular weight excluding hydrogens is 356 g/mol. The molecule has 2 rings (SSSR count). The van der Waals surface area contributed by atoms with E-state index < -0.39 is 0 Å². The fourth-order valence-corrected chi connectivity index (χ4v) is 2.75. The molecule has 1 heterocycles. The van der Waals surface area contributed by atoms with Crippen LogP contribution in [0, 0.1) is 0 Å². The zero-order chi connectivity index (χ0) is 15.4. The SMILES string of the molecule is CCN(CC)CC(N)c1noc(-c2ccc(Br)cc2Cl)n1. The summed E-state index contributed by atoms with van der Waals surface area (Å²) in [4.78, 5) is 6.58. The van der Waals surface area contributed by atoms with Crippen molar-refractivity contribution in [1.29, 1.82) is 0 Å². The fourth-order valence-electron chi connectivity index (χ4n) is 2.00. The number of aromatic nitrogens is 2. The number of nitrogens with two attached hydrogens (primary N) is 1. The van der Waals surface area contributed by atoms with Gasteiger partial charge in [0.15, 0.2) is 5.82 Å². The van der Waals surface area contributed by atoms with E-state index in [4.69, 9.17) is 21.9 Å². The van der Waals surface area contributed by atoms with Crippen molar-refractivity contribution in [2.24, 2.45) is 5.73 Å². The van der Waals surface area contributed by atoms with Crippen molar-refractivity contribution < 1.29 is 4.52 Å². The Bertz CT molecular complexity index is 600. The van der Waals surface area contributed by atoms with E-state index in [1.54, 1.807) is 6.07 Å². The Morgan fingerprint density at radius 3 is 2.71 bits per heavy atom. The van der Waals surface area contributed by atoms with Crippen LogP contribution in [0.15, 0.2) is 27.2 Å². The predicted molar refractivity (Wildman–Crippen MR) is 87.2 cm³/mol. The number of halogens is 2. The van der Waals surface area contributed by atoms with Gasteiger partial charge in [-0.1, -0.05) is 46.5 Å². The highest BCUT2D eigenvalue weighted by molar-refractivity contribution is 9.10. The van der Waals surface area contributed by atoms with Gasteiger partial charge >= 0.3 is 0 Å². The Kier molecular flexibility index (Phi) is 5.75. The Morgan fingerprint density at radius 1 is 1.38 bits per heavy atom. The molecule has 0 amide bonds. The molecule has 1 aromatic heterocycles. The second-order valence-corrected chi connectivity index (χ2v) is 6.00. The van der Waals surface area contributed by atoms with Crippen LogP contribution in [-0.2, 0) is 0 Å². The number of hydrogen-bond donors (Lipinski definition) is 1. The van der Waals surface area contributed by atoms with E-state index in [9.17, 15) is 0 Å². The van der Waals surface area contributed by atoms with Gasteiger partial charge in [0.25, 0.3) is 5.89 Å². The Morgan fingerprint density at radius 2 is 2.10 bits per heavy atom. The van der Waals surface area contributed by atoms with Gasteiger partial charge < -0.3 is 15.2 Å². The van der Waals surface area contributed by atoms with Crippen molar-refractivity contribution in [1.82, 2.24) is 15.0 Å². The molecule has 1 aromatic carbocycles. The number of nitrogens with zero attached hydrogens (tertiary/aromatic N) is 3. The Balaban J connectivity index is 2.17. The van der Waals surface area contributed by atoms with Gasteiger partial charge in [0, 0.05) is 11.0 Å². The van der Waals surface area contributed by atoms with Gasteiger partial charge in [-0.3, -0.25) is 0 Å². The van der Waals surface area contributed by atoms with Gasteiger partial charge in [0.1, 0.15) is 0 Å². The second-order valence-electron chi connectivity index (χ2n) is 4.67. The average Bonchev–Trinajstić information content (AvgIpc) is 2.94. The monoisotopic (exact) mass is 372 g/mol. The first kappa shape index (κ1) is 16.4. The van der Waals surface area contributed by atoms with Crippen molar-refractivity contribution in [2.45, 2.75) is 19.9 Å². The van der Waals surface area contributed by atoms with Crippen molar-refractivity contribution >= 4 is 27.5 Å². The van der Waals surface area contributed by atoms with Crippen molar-refractivity contribution in [3.05, 3.63) is 33.5 Å². The van der Waals surface area contributed by atoms with Gasteiger partial charge in [0.05, 0.1) is 16.6 Å². The number of rotatable bonds is 6. The average molecular weight is 374 g/mol. The second kappa shape index (κ2) is 7.35. The first-order valence-electron chi connectivity index (χ1n) is 6.82. The molecule has 0 aliphatic carbocycles. The minimum absolute atomic E-state index is 0.281. The number of benzene rings is 1. The van der Waals surface area contributed by atoms with Crippen LogP contribution < -0.4 is 5.73 Å². The van der Waals surface area contributed by atoms with Crippen LogP contribution in [0.4, 0.5) is 0 Å². The number of hydrogen-bond acceptors (Lipinski definition) is 5. The standard InChI is InChI=1S/C14H18BrClN4O/c1-3-20(4-2)8-12(17)13-18-14(21-19-13)10-6-5-9(15)7-11(10)16/h5-7,12H,3-4,8,17H2,1-2H3. The summed E-state index contributed by atoms with van der Waals surface area (Å²) in [5.41, 5.74) is 6.84. The first-order valence-corrected chi connectivity index (χ1v) is 7.99. The summed E-state index contributed by atoms with van der Waals surface area (Å²) < 4.78 is 6.18. The maximum absolute atomic E-state index is 6.18. The van der Waals surface area contributed by atoms with Gasteiger partial charge in [-0.05, 0) is 31.3 Å². The molecule has 0 aliphatic heterocycles. The van der Waals surface area contributed by atoms with Crippen LogP contribution in [0.1, 0.15) is 25.7 Å². The van der Waals surface area contributed by atoms with E-state index in [0.717, 1.165) is 17.6 Å². The maximum Gasteiger partial charge on any atom is 0.259 e. The summed E-state index contributed by atoms with van der Waals surface area (Å²) in [6.07, 6.45) is 0. The van der Waals surface area contributed by atoms with E-state index in [1.165, 1.54) is 0 Å². The molecular formula is C14H18BrClN4O. The van der Waals surface area contributed by atoms with E-state index in [-0.39, 0.29) is 6.04 Å². The minimum atomic E-state index is -0.281. The topological polar surface area (TPSA) is 68.2 Å². The fraction of sp³-hybridized carbons (Fsp3) is 0.429. The zero-order valence-electron chi connectivity index (χ0n) is 12.0. The molecule has 2 N–H and O–H groups in total. The van der Waals surface area contributed by atoms with Crippen LogP contribution in [-0.4, -0.2) is 34.7 Å². The third-order valence-corrected chi connectivity index (χ3v) is 4.09. The molecule has 0 bridgehead atoms. The highest BCUT2D eigenvalue weighted by Gasteiger charge is 2.18. The lowest BCUT2D eigenvalue weighted by Gasteiger charge is -2.20. The lowest BCUT2D eigenvalue weighted by atomic mass is 10.2. The zero-order valence-corrected chi connectivity index (χ0v) is 14.4. The third-order valence-electron chi connectivity index (χ3n) is 3.28. The minimum Gasteiger partial charge on any atom is -0.334 e. The smallest absolute Gasteiger partial charge is 0.259 e. The lowest BCUT2D eigenvalue weighted by Crippen LogP contribution is -2.32. The molecule has 1 atom stereocenters. The summed E-state index contributed by atoms with van der Waals surface area (Å²) in [6, 6.07) is 5.22. The van der Waals surface area contributed by atoms with E-state index >= 15 is 0 Å². The first-order chi connectivity index (χ1) is 10.0. The van der Waals surface area contributed by atoms with E-state index in [2.05, 4.69) is 44.8 Å². The van der Waals surface area contributed by atoms with Gasteiger partial charge in [-0.25, -0.2) is 0 Å². The van der Waals surface area contributed by atoms with Gasteiger partial charge in [-0.2, -0.15) is 4.98 Å². The normalized spacial score (nSPS) is 12.9. The van der Waals surface area contributed by atoms with Gasteiger partial charge in [-0.15, -0.1) is 0 Å². The summed E-state index contributed by atoms with van der Waals surface area (Å²) in [5.74, 6) is 0.883. The quantitative estimate of drug-likeness (QED) is 0.839. The lowest BCUT2D eigenvalue weighted by molar-refractivity contribution is 0.278. The summed E-state index contributed by atoms with van der Waals surface area (Å²) in [6.45, 7) is 6.76. The summed E-state index contributed by atoms with van der Waals surface area (Å²) in [5, 5.41) is 4.52. The van der Waals surface area contributed by atoms with Crippen molar-refractivity contribution in [3.63, 3.8) is 0 Å².